The molecule has 1 aromatic heterocycles. The van der Waals surface area contributed by atoms with E-state index < -0.39 is 0 Å². The van der Waals surface area contributed by atoms with E-state index in [0.717, 1.165) is 17.1 Å². The van der Waals surface area contributed by atoms with Crippen LogP contribution in [0.3, 0.4) is 0 Å². The van der Waals surface area contributed by atoms with E-state index in [1.54, 1.807) is 11.0 Å². The normalized spacial score (nSPS) is 10.3. The Morgan fingerprint density at radius 1 is 0.957 bits per heavy atom. The van der Waals surface area contributed by atoms with Crippen LogP contribution in [-0.4, -0.2) is 20.7 Å². The molecule has 3 rings (SSSR count). The van der Waals surface area contributed by atoms with Crippen LogP contribution in [0.1, 0.15) is 6.42 Å². The molecule has 1 amide bonds. The Morgan fingerprint density at radius 3 is 2.35 bits per heavy atom. The molecule has 0 atom stereocenters. The van der Waals surface area contributed by atoms with Crippen molar-refractivity contribution in [3.05, 3.63) is 67.3 Å². The number of rotatable bonds is 6. The third-order valence-corrected chi connectivity index (χ3v) is 3.27. The molecule has 0 aliphatic heterocycles. The summed E-state index contributed by atoms with van der Waals surface area (Å²) in [4.78, 5) is 15.7. The first kappa shape index (κ1) is 14.8. The molecule has 0 fully saturated rings. The van der Waals surface area contributed by atoms with Gasteiger partial charge < -0.3 is 10.6 Å². The molecule has 0 spiro atoms. The Morgan fingerprint density at radius 2 is 1.65 bits per heavy atom. The highest BCUT2D eigenvalue weighted by Gasteiger charge is 2.03. The molecule has 3 aromatic rings. The smallest absolute Gasteiger partial charge is 0.226 e. The summed E-state index contributed by atoms with van der Waals surface area (Å²) in [6.07, 6.45) is 3.40. The van der Waals surface area contributed by atoms with E-state index >= 15 is 0 Å². The van der Waals surface area contributed by atoms with Crippen LogP contribution in [0, 0.1) is 0 Å². The standard InChI is InChI=1S/C17H17N5O/c23-17(10-11-22-13-18-12-19-22)21-16-8-6-15(7-9-16)20-14-4-2-1-3-5-14/h1-9,12-13,20H,10-11H2,(H,21,23). The molecule has 1 heterocycles. The monoisotopic (exact) mass is 307 g/mol. The molecule has 0 bridgehead atoms. The van der Waals surface area contributed by atoms with Crippen molar-refractivity contribution < 1.29 is 4.79 Å². The van der Waals surface area contributed by atoms with Crippen LogP contribution < -0.4 is 10.6 Å². The number of nitrogens with one attached hydrogen (secondary N) is 2. The summed E-state index contributed by atoms with van der Waals surface area (Å²) in [6.45, 7) is 0.513. The fourth-order valence-corrected chi connectivity index (χ4v) is 2.11. The quantitative estimate of drug-likeness (QED) is 0.734. The van der Waals surface area contributed by atoms with E-state index in [9.17, 15) is 4.79 Å². The van der Waals surface area contributed by atoms with Crippen LogP contribution in [0.25, 0.3) is 0 Å². The maximum absolute atomic E-state index is 11.9. The SMILES string of the molecule is O=C(CCn1cncn1)Nc1ccc(Nc2ccccc2)cc1. The third-order valence-electron chi connectivity index (χ3n) is 3.27. The zero-order valence-electron chi connectivity index (χ0n) is 12.5. The van der Waals surface area contributed by atoms with Gasteiger partial charge in [-0.05, 0) is 36.4 Å². The van der Waals surface area contributed by atoms with E-state index in [1.807, 2.05) is 54.6 Å². The van der Waals surface area contributed by atoms with Crippen LogP contribution in [-0.2, 0) is 11.3 Å². The Bertz CT molecular complexity index is 738. The molecular formula is C17H17N5O. The highest BCUT2D eigenvalue weighted by Crippen LogP contribution is 2.18. The summed E-state index contributed by atoms with van der Waals surface area (Å²) in [5.74, 6) is -0.0516. The molecule has 0 saturated carbocycles. The molecule has 2 aromatic carbocycles. The van der Waals surface area contributed by atoms with Gasteiger partial charge in [0.05, 0.1) is 6.54 Å². The largest absolute Gasteiger partial charge is 0.356 e. The Hall–Kier alpha value is -3.15. The maximum atomic E-state index is 11.9. The second kappa shape index (κ2) is 7.22. The van der Waals surface area contributed by atoms with E-state index in [1.165, 1.54) is 6.33 Å². The lowest BCUT2D eigenvalue weighted by Crippen LogP contribution is -2.14. The Labute approximate surface area is 134 Å². The average molecular weight is 307 g/mol. The lowest BCUT2D eigenvalue weighted by atomic mass is 10.2. The average Bonchev–Trinajstić information content (AvgIpc) is 3.09. The van der Waals surface area contributed by atoms with Crippen LogP contribution in [0.4, 0.5) is 17.1 Å². The first-order chi connectivity index (χ1) is 11.3. The van der Waals surface area contributed by atoms with Gasteiger partial charge in [0.2, 0.25) is 5.91 Å². The number of benzene rings is 2. The maximum Gasteiger partial charge on any atom is 0.226 e. The number of carbonyl (C=O) groups is 1. The van der Waals surface area contributed by atoms with Gasteiger partial charge in [-0.2, -0.15) is 5.10 Å². The summed E-state index contributed by atoms with van der Waals surface area (Å²) in [5.41, 5.74) is 2.76. The highest BCUT2D eigenvalue weighted by molar-refractivity contribution is 5.90. The first-order valence-electron chi connectivity index (χ1n) is 7.34. The molecule has 0 unspecified atom stereocenters. The number of aryl methyl sites for hydroxylation is 1. The van der Waals surface area contributed by atoms with Crippen molar-refractivity contribution in [1.82, 2.24) is 14.8 Å². The van der Waals surface area contributed by atoms with E-state index in [0.29, 0.717) is 13.0 Å². The first-order valence-corrected chi connectivity index (χ1v) is 7.34. The van der Waals surface area contributed by atoms with Crippen molar-refractivity contribution >= 4 is 23.0 Å². The number of aromatic nitrogens is 3. The zero-order valence-corrected chi connectivity index (χ0v) is 12.5. The topological polar surface area (TPSA) is 71.8 Å². The molecule has 116 valence electrons. The van der Waals surface area contributed by atoms with Crippen molar-refractivity contribution in [3.63, 3.8) is 0 Å². The van der Waals surface area contributed by atoms with Crippen LogP contribution >= 0.6 is 0 Å². The number of carbonyl (C=O) groups excluding carboxylic acids is 1. The molecular weight excluding hydrogens is 290 g/mol. The fourth-order valence-electron chi connectivity index (χ4n) is 2.11. The minimum atomic E-state index is -0.0516. The number of anilines is 3. The zero-order chi connectivity index (χ0) is 15.9. The number of para-hydroxylation sites is 1. The fraction of sp³-hybridized carbons (Fsp3) is 0.118. The molecule has 6 heteroatoms. The number of hydrogen-bond donors (Lipinski definition) is 2. The number of amides is 1. The lowest BCUT2D eigenvalue weighted by Gasteiger charge is -2.08. The van der Waals surface area contributed by atoms with Crippen LogP contribution in [0.2, 0.25) is 0 Å². The van der Waals surface area contributed by atoms with Crippen molar-refractivity contribution in [2.45, 2.75) is 13.0 Å². The minimum absolute atomic E-state index is 0.0516. The minimum Gasteiger partial charge on any atom is -0.356 e. The predicted molar refractivity (Wildman–Crippen MR) is 89.4 cm³/mol. The molecule has 0 aliphatic rings. The van der Waals surface area contributed by atoms with Crippen molar-refractivity contribution in [3.8, 4) is 0 Å². The van der Waals surface area contributed by atoms with Gasteiger partial charge in [0, 0.05) is 23.5 Å². The molecule has 2 N–H and O–H groups in total. The van der Waals surface area contributed by atoms with Gasteiger partial charge in [0.15, 0.2) is 0 Å². The van der Waals surface area contributed by atoms with Gasteiger partial charge in [-0.3, -0.25) is 9.48 Å². The van der Waals surface area contributed by atoms with Gasteiger partial charge >= 0.3 is 0 Å². The predicted octanol–water partition coefficient (Wildman–Crippen LogP) is 3.05. The number of hydrogen-bond acceptors (Lipinski definition) is 4. The molecule has 0 aliphatic carbocycles. The summed E-state index contributed by atoms with van der Waals surface area (Å²) >= 11 is 0. The summed E-state index contributed by atoms with van der Waals surface area (Å²) < 4.78 is 1.63. The lowest BCUT2D eigenvalue weighted by molar-refractivity contribution is -0.116. The second-order valence-corrected chi connectivity index (χ2v) is 5.03. The molecule has 23 heavy (non-hydrogen) atoms. The Balaban J connectivity index is 1.51. The van der Waals surface area contributed by atoms with Gasteiger partial charge in [-0.25, -0.2) is 4.98 Å². The van der Waals surface area contributed by atoms with Gasteiger partial charge in [-0.15, -0.1) is 0 Å². The van der Waals surface area contributed by atoms with Crippen LogP contribution in [0.15, 0.2) is 67.3 Å². The molecule has 0 saturated heterocycles. The summed E-state index contributed by atoms with van der Waals surface area (Å²) in [7, 11) is 0. The summed E-state index contributed by atoms with van der Waals surface area (Å²) in [5, 5.41) is 10.1. The Kier molecular flexibility index (Phi) is 4.63. The third kappa shape index (κ3) is 4.41. The highest BCUT2D eigenvalue weighted by atomic mass is 16.1. The molecule has 0 radical (unpaired) electrons. The molecule has 6 nitrogen and oxygen atoms in total. The van der Waals surface area contributed by atoms with Crippen molar-refractivity contribution in [2.24, 2.45) is 0 Å². The van der Waals surface area contributed by atoms with Gasteiger partial charge in [0.25, 0.3) is 0 Å². The van der Waals surface area contributed by atoms with E-state index in [4.69, 9.17) is 0 Å². The van der Waals surface area contributed by atoms with Crippen molar-refractivity contribution in [2.75, 3.05) is 10.6 Å². The number of nitrogens with zero attached hydrogens (tertiary/aromatic N) is 3. The van der Waals surface area contributed by atoms with Crippen LogP contribution in [0.5, 0.6) is 0 Å². The second-order valence-electron chi connectivity index (χ2n) is 5.03. The van der Waals surface area contributed by atoms with Crippen molar-refractivity contribution in [1.29, 1.82) is 0 Å². The van der Waals surface area contributed by atoms with Gasteiger partial charge in [-0.1, -0.05) is 18.2 Å². The van der Waals surface area contributed by atoms with E-state index in [2.05, 4.69) is 20.7 Å². The summed E-state index contributed by atoms with van der Waals surface area (Å²) in [6, 6.07) is 17.5. The van der Waals surface area contributed by atoms with E-state index in [-0.39, 0.29) is 5.91 Å². The van der Waals surface area contributed by atoms with Gasteiger partial charge in [0.1, 0.15) is 12.7 Å².